The maximum absolute atomic E-state index is 10.3. The minimum absolute atomic E-state index is 0.0451. The van der Waals surface area contributed by atoms with Gasteiger partial charge in [-0.25, -0.2) is 4.79 Å². The van der Waals surface area contributed by atoms with Crippen LogP contribution in [0.15, 0.2) is 0 Å². The predicted molar refractivity (Wildman–Crippen MR) is 40.9 cm³/mol. The van der Waals surface area contributed by atoms with Crippen molar-refractivity contribution in [3.05, 3.63) is 0 Å². The monoisotopic (exact) mass is 158 g/mol. The van der Waals surface area contributed by atoms with Crippen molar-refractivity contribution in [2.75, 3.05) is 0 Å². The standard InChI is InChI=1S/C7H14N2O2/c8-5-2-1-3-6(4-5)11-7(9)10/h5-6H,1-4,8H2,(H2,9,10). The first kappa shape index (κ1) is 8.33. The minimum Gasteiger partial charge on any atom is -0.446 e. The lowest BCUT2D eigenvalue weighted by molar-refractivity contribution is 0.0777. The highest BCUT2D eigenvalue weighted by atomic mass is 16.6. The molecule has 0 bridgehead atoms. The topological polar surface area (TPSA) is 78.3 Å². The fourth-order valence-corrected chi connectivity index (χ4v) is 1.45. The third kappa shape index (κ3) is 2.76. The zero-order valence-electron chi connectivity index (χ0n) is 6.45. The Morgan fingerprint density at radius 3 is 2.73 bits per heavy atom. The van der Waals surface area contributed by atoms with Gasteiger partial charge in [0.2, 0.25) is 0 Å². The first-order valence-electron chi connectivity index (χ1n) is 3.90. The number of amides is 1. The van der Waals surface area contributed by atoms with Crippen LogP contribution in [0.1, 0.15) is 25.7 Å². The molecule has 4 heteroatoms. The number of ether oxygens (including phenoxy) is 1. The summed E-state index contributed by atoms with van der Waals surface area (Å²) in [7, 11) is 0. The van der Waals surface area contributed by atoms with Crippen LogP contribution in [0, 0.1) is 0 Å². The third-order valence-corrected chi connectivity index (χ3v) is 1.95. The van der Waals surface area contributed by atoms with Crippen LogP contribution in [0.25, 0.3) is 0 Å². The Labute approximate surface area is 65.9 Å². The van der Waals surface area contributed by atoms with E-state index in [-0.39, 0.29) is 12.1 Å². The van der Waals surface area contributed by atoms with E-state index in [0.717, 1.165) is 25.7 Å². The van der Waals surface area contributed by atoms with Crippen molar-refractivity contribution < 1.29 is 9.53 Å². The van der Waals surface area contributed by atoms with Crippen molar-refractivity contribution in [3.8, 4) is 0 Å². The van der Waals surface area contributed by atoms with Gasteiger partial charge in [-0.15, -0.1) is 0 Å². The van der Waals surface area contributed by atoms with E-state index in [4.69, 9.17) is 16.2 Å². The highest BCUT2D eigenvalue weighted by molar-refractivity contribution is 5.64. The van der Waals surface area contributed by atoms with Gasteiger partial charge >= 0.3 is 6.09 Å². The maximum Gasteiger partial charge on any atom is 0.404 e. The van der Waals surface area contributed by atoms with E-state index in [1.54, 1.807) is 0 Å². The van der Waals surface area contributed by atoms with Crippen molar-refractivity contribution in [2.45, 2.75) is 37.8 Å². The second kappa shape index (κ2) is 3.57. The van der Waals surface area contributed by atoms with Crippen LogP contribution in [0.2, 0.25) is 0 Å². The molecule has 64 valence electrons. The molecule has 1 saturated carbocycles. The zero-order chi connectivity index (χ0) is 8.27. The molecule has 0 heterocycles. The fourth-order valence-electron chi connectivity index (χ4n) is 1.45. The maximum atomic E-state index is 10.3. The molecule has 0 aromatic rings. The normalized spacial score (nSPS) is 31.4. The minimum atomic E-state index is -0.691. The van der Waals surface area contributed by atoms with Gasteiger partial charge in [0.15, 0.2) is 0 Å². The molecule has 2 atom stereocenters. The Kier molecular flexibility index (Phi) is 2.70. The Hall–Kier alpha value is -0.770. The second-order valence-corrected chi connectivity index (χ2v) is 2.99. The zero-order valence-corrected chi connectivity index (χ0v) is 6.45. The number of primary amides is 1. The van der Waals surface area contributed by atoms with Gasteiger partial charge in [0, 0.05) is 6.04 Å². The number of rotatable bonds is 1. The molecule has 0 aromatic carbocycles. The first-order valence-corrected chi connectivity index (χ1v) is 3.90. The van der Waals surface area contributed by atoms with Crippen LogP contribution in [-0.4, -0.2) is 18.2 Å². The number of hydrogen-bond acceptors (Lipinski definition) is 3. The van der Waals surface area contributed by atoms with E-state index < -0.39 is 6.09 Å². The van der Waals surface area contributed by atoms with Crippen LogP contribution >= 0.6 is 0 Å². The predicted octanol–water partition coefficient (Wildman–Crippen LogP) is 0.352. The molecule has 1 aliphatic carbocycles. The van der Waals surface area contributed by atoms with Crippen LogP contribution in [0.3, 0.4) is 0 Å². The van der Waals surface area contributed by atoms with Gasteiger partial charge in [-0.3, -0.25) is 0 Å². The highest BCUT2D eigenvalue weighted by Gasteiger charge is 2.21. The first-order chi connectivity index (χ1) is 5.18. The van der Waals surface area contributed by atoms with Gasteiger partial charge in [0.1, 0.15) is 6.10 Å². The van der Waals surface area contributed by atoms with Crippen molar-refractivity contribution in [3.63, 3.8) is 0 Å². The molecule has 1 aliphatic rings. The molecule has 0 aromatic heterocycles. The molecular weight excluding hydrogens is 144 g/mol. The van der Waals surface area contributed by atoms with Crippen molar-refractivity contribution in [2.24, 2.45) is 11.5 Å². The Morgan fingerprint density at radius 2 is 2.18 bits per heavy atom. The van der Waals surface area contributed by atoms with Gasteiger partial charge < -0.3 is 16.2 Å². The average Bonchev–Trinajstić information content (AvgIpc) is 1.85. The summed E-state index contributed by atoms with van der Waals surface area (Å²) in [5.74, 6) is 0. The smallest absolute Gasteiger partial charge is 0.404 e. The van der Waals surface area contributed by atoms with Crippen LogP contribution in [-0.2, 0) is 4.74 Å². The fraction of sp³-hybridized carbons (Fsp3) is 0.857. The lowest BCUT2D eigenvalue weighted by atomic mass is 9.94. The quantitative estimate of drug-likeness (QED) is 0.578. The molecule has 0 spiro atoms. The molecule has 4 nitrogen and oxygen atoms in total. The molecule has 1 amide bonds. The molecule has 0 radical (unpaired) electrons. The summed E-state index contributed by atoms with van der Waals surface area (Å²) in [5, 5.41) is 0. The van der Waals surface area contributed by atoms with Crippen molar-refractivity contribution in [1.82, 2.24) is 0 Å². The van der Waals surface area contributed by atoms with Gasteiger partial charge in [0.05, 0.1) is 0 Å². The largest absolute Gasteiger partial charge is 0.446 e. The summed E-state index contributed by atoms with van der Waals surface area (Å²) >= 11 is 0. The second-order valence-electron chi connectivity index (χ2n) is 2.99. The number of hydrogen-bond donors (Lipinski definition) is 2. The summed E-state index contributed by atoms with van der Waals surface area (Å²) < 4.78 is 4.82. The molecule has 1 fully saturated rings. The van der Waals surface area contributed by atoms with E-state index in [0.29, 0.717) is 0 Å². The van der Waals surface area contributed by atoms with E-state index in [1.165, 1.54) is 0 Å². The number of nitrogens with two attached hydrogens (primary N) is 2. The molecule has 11 heavy (non-hydrogen) atoms. The average molecular weight is 158 g/mol. The summed E-state index contributed by atoms with van der Waals surface area (Å²) in [6.07, 6.45) is 2.97. The van der Waals surface area contributed by atoms with E-state index in [2.05, 4.69) is 0 Å². The number of carbonyl (C=O) groups excluding carboxylic acids is 1. The Bertz CT molecular complexity index is 149. The molecule has 4 N–H and O–H groups in total. The van der Waals surface area contributed by atoms with E-state index in [9.17, 15) is 4.79 Å². The van der Waals surface area contributed by atoms with Crippen LogP contribution in [0.4, 0.5) is 4.79 Å². The van der Waals surface area contributed by atoms with Gasteiger partial charge in [0.25, 0.3) is 0 Å². The van der Waals surface area contributed by atoms with Crippen LogP contribution < -0.4 is 11.5 Å². The van der Waals surface area contributed by atoms with Gasteiger partial charge in [-0.05, 0) is 25.7 Å². The SMILES string of the molecule is NC(=O)OC1CCCC(N)C1. The van der Waals surface area contributed by atoms with Crippen molar-refractivity contribution >= 4 is 6.09 Å². The highest BCUT2D eigenvalue weighted by Crippen LogP contribution is 2.19. The summed E-state index contributed by atoms with van der Waals surface area (Å²) in [4.78, 5) is 10.3. The van der Waals surface area contributed by atoms with E-state index in [1.807, 2.05) is 0 Å². The molecule has 0 aliphatic heterocycles. The van der Waals surface area contributed by atoms with Crippen molar-refractivity contribution in [1.29, 1.82) is 0 Å². The summed E-state index contributed by atoms with van der Waals surface area (Å²) in [5.41, 5.74) is 10.5. The number of carbonyl (C=O) groups is 1. The Morgan fingerprint density at radius 1 is 1.45 bits per heavy atom. The molecule has 0 saturated heterocycles. The van der Waals surface area contributed by atoms with Gasteiger partial charge in [-0.2, -0.15) is 0 Å². The third-order valence-electron chi connectivity index (χ3n) is 1.95. The molecular formula is C7H14N2O2. The van der Waals surface area contributed by atoms with Crippen LogP contribution in [0.5, 0.6) is 0 Å². The molecule has 1 rings (SSSR count). The van der Waals surface area contributed by atoms with Gasteiger partial charge in [-0.1, -0.05) is 0 Å². The van der Waals surface area contributed by atoms with E-state index >= 15 is 0 Å². The lowest BCUT2D eigenvalue weighted by Gasteiger charge is -2.25. The summed E-state index contributed by atoms with van der Waals surface area (Å²) in [6.45, 7) is 0. The molecule has 2 unspecified atom stereocenters. The summed E-state index contributed by atoms with van der Waals surface area (Å²) in [6, 6.07) is 0.174. The lowest BCUT2D eigenvalue weighted by Crippen LogP contribution is -2.34. The Balaban J connectivity index is 2.28.